The Morgan fingerprint density at radius 2 is 1.90 bits per heavy atom. The highest BCUT2D eigenvalue weighted by Crippen LogP contribution is 2.20. The van der Waals surface area contributed by atoms with Crippen LogP contribution in [0.1, 0.15) is 15.9 Å². The van der Waals surface area contributed by atoms with Crippen LogP contribution >= 0.6 is 11.6 Å². The molecule has 0 fully saturated rings. The van der Waals surface area contributed by atoms with Crippen molar-refractivity contribution >= 4 is 23.3 Å². The summed E-state index contributed by atoms with van der Waals surface area (Å²) < 4.78 is 30.7. The summed E-state index contributed by atoms with van der Waals surface area (Å²) in [5.74, 6) is -2.57. The molecule has 0 heterocycles. The van der Waals surface area contributed by atoms with Crippen LogP contribution in [0.15, 0.2) is 36.4 Å². The Bertz CT molecular complexity index is 662. The Hall–Kier alpha value is -2.14. The zero-order valence-electron chi connectivity index (χ0n) is 10.2. The van der Waals surface area contributed by atoms with Gasteiger partial charge in [0.25, 0.3) is 0 Å². The summed E-state index contributed by atoms with van der Waals surface area (Å²) in [5.41, 5.74) is 6.45. The number of ether oxygens (including phenoxy) is 1. The van der Waals surface area contributed by atoms with E-state index in [1.165, 1.54) is 24.3 Å². The lowest BCUT2D eigenvalue weighted by Crippen LogP contribution is -2.06. The fraction of sp³-hybridized carbons (Fsp3) is 0.0714. The topological polar surface area (TPSA) is 52.3 Å². The molecule has 0 aromatic heterocycles. The van der Waals surface area contributed by atoms with Gasteiger partial charge in [-0.3, -0.25) is 0 Å². The second kappa shape index (κ2) is 5.88. The van der Waals surface area contributed by atoms with Crippen LogP contribution in [0.3, 0.4) is 0 Å². The summed E-state index contributed by atoms with van der Waals surface area (Å²) in [7, 11) is 0. The predicted molar refractivity (Wildman–Crippen MR) is 71.3 cm³/mol. The molecule has 2 N–H and O–H groups in total. The smallest absolute Gasteiger partial charge is 0.338 e. The maximum absolute atomic E-state index is 13.0. The van der Waals surface area contributed by atoms with Gasteiger partial charge in [0.05, 0.1) is 16.3 Å². The number of nitrogens with two attached hydrogens (primary N) is 1. The van der Waals surface area contributed by atoms with Gasteiger partial charge in [-0.15, -0.1) is 0 Å². The third-order valence-electron chi connectivity index (χ3n) is 2.59. The van der Waals surface area contributed by atoms with E-state index < -0.39 is 17.6 Å². The summed E-state index contributed by atoms with van der Waals surface area (Å²) in [6, 6.07) is 7.61. The first-order valence-corrected chi connectivity index (χ1v) is 6.01. The van der Waals surface area contributed by atoms with Crippen molar-refractivity contribution in [2.45, 2.75) is 6.61 Å². The molecule has 0 atom stereocenters. The van der Waals surface area contributed by atoms with Gasteiger partial charge in [0.2, 0.25) is 0 Å². The molecule has 6 heteroatoms. The quantitative estimate of drug-likeness (QED) is 0.696. The molecule has 3 nitrogen and oxygen atoms in total. The monoisotopic (exact) mass is 297 g/mol. The van der Waals surface area contributed by atoms with Crippen molar-refractivity contribution in [2.75, 3.05) is 5.73 Å². The summed E-state index contributed by atoms with van der Waals surface area (Å²) in [6.45, 7) is -0.169. The van der Waals surface area contributed by atoms with Gasteiger partial charge in [-0.05, 0) is 35.9 Å². The molecule has 20 heavy (non-hydrogen) atoms. The number of hydrogen-bond acceptors (Lipinski definition) is 3. The highest BCUT2D eigenvalue weighted by Gasteiger charge is 2.10. The van der Waals surface area contributed by atoms with Crippen molar-refractivity contribution in [3.8, 4) is 0 Å². The van der Waals surface area contributed by atoms with Gasteiger partial charge < -0.3 is 10.5 Å². The fourth-order valence-electron chi connectivity index (χ4n) is 1.52. The van der Waals surface area contributed by atoms with Crippen LogP contribution < -0.4 is 5.73 Å². The average molecular weight is 298 g/mol. The van der Waals surface area contributed by atoms with Crippen molar-refractivity contribution in [3.63, 3.8) is 0 Å². The highest BCUT2D eigenvalue weighted by atomic mass is 35.5. The van der Waals surface area contributed by atoms with E-state index in [9.17, 15) is 13.6 Å². The molecule has 2 rings (SSSR count). The third kappa shape index (κ3) is 3.24. The Balaban J connectivity index is 2.04. The van der Waals surface area contributed by atoms with Crippen molar-refractivity contribution < 1.29 is 18.3 Å². The van der Waals surface area contributed by atoms with Gasteiger partial charge in [-0.25, -0.2) is 13.6 Å². The molecule has 0 aliphatic rings. The minimum absolute atomic E-state index is 0.169. The molecule has 2 aromatic carbocycles. The lowest BCUT2D eigenvalue weighted by atomic mass is 10.2. The van der Waals surface area contributed by atoms with Gasteiger partial charge in [0.1, 0.15) is 6.61 Å². The maximum Gasteiger partial charge on any atom is 0.338 e. The molecule has 0 saturated carbocycles. The molecule has 0 amide bonds. The van der Waals surface area contributed by atoms with Crippen molar-refractivity contribution in [2.24, 2.45) is 0 Å². The zero-order valence-corrected chi connectivity index (χ0v) is 11.0. The predicted octanol–water partition coefficient (Wildman–Crippen LogP) is 3.56. The maximum atomic E-state index is 13.0. The van der Waals surface area contributed by atoms with Gasteiger partial charge in [-0.2, -0.15) is 0 Å². The van der Waals surface area contributed by atoms with Crippen molar-refractivity contribution in [1.82, 2.24) is 0 Å². The Kier molecular flexibility index (Phi) is 4.20. The summed E-state index contributed by atoms with van der Waals surface area (Å²) in [5, 5.41) is 0.243. The normalized spacial score (nSPS) is 10.3. The van der Waals surface area contributed by atoms with E-state index in [4.69, 9.17) is 22.1 Å². The molecule has 0 spiro atoms. The SMILES string of the molecule is Nc1ccc(C(=O)OCc2ccc(F)c(F)c2)cc1Cl. The lowest BCUT2D eigenvalue weighted by Gasteiger charge is -2.06. The van der Waals surface area contributed by atoms with Gasteiger partial charge in [-0.1, -0.05) is 17.7 Å². The van der Waals surface area contributed by atoms with Gasteiger partial charge >= 0.3 is 5.97 Å². The molecule has 2 aromatic rings. The Labute approximate surface area is 118 Å². The van der Waals surface area contributed by atoms with Crippen LogP contribution in [0.25, 0.3) is 0 Å². The molecule has 0 unspecified atom stereocenters. The summed E-state index contributed by atoms with van der Waals surface area (Å²) in [6.07, 6.45) is 0. The van der Waals surface area contributed by atoms with Crippen LogP contribution in [0.5, 0.6) is 0 Å². The first-order chi connectivity index (χ1) is 9.47. The second-order valence-electron chi connectivity index (χ2n) is 4.06. The first-order valence-electron chi connectivity index (χ1n) is 5.63. The average Bonchev–Trinajstić information content (AvgIpc) is 2.43. The minimum atomic E-state index is -0.992. The van der Waals surface area contributed by atoms with E-state index in [0.29, 0.717) is 11.3 Å². The molecule has 0 bridgehead atoms. The number of esters is 1. The van der Waals surface area contributed by atoms with Gasteiger partial charge in [0.15, 0.2) is 11.6 Å². The largest absolute Gasteiger partial charge is 0.457 e. The fourth-order valence-corrected chi connectivity index (χ4v) is 1.70. The van der Waals surface area contributed by atoms with E-state index in [1.54, 1.807) is 0 Å². The van der Waals surface area contributed by atoms with Crippen LogP contribution in [0, 0.1) is 11.6 Å². The van der Waals surface area contributed by atoms with Crippen LogP contribution in [0.2, 0.25) is 5.02 Å². The summed E-state index contributed by atoms with van der Waals surface area (Å²) >= 11 is 5.79. The van der Waals surface area contributed by atoms with Crippen LogP contribution in [0.4, 0.5) is 14.5 Å². The number of nitrogen functional groups attached to an aromatic ring is 1. The highest BCUT2D eigenvalue weighted by molar-refractivity contribution is 6.33. The molecule has 0 saturated heterocycles. The molecule has 0 aliphatic carbocycles. The minimum Gasteiger partial charge on any atom is -0.457 e. The third-order valence-corrected chi connectivity index (χ3v) is 2.92. The first kappa shape index (κ1) is 14.3. The van der Waals surface area contributed by atoms with Crippen LogP contribution in [-0.4, -0.2) is 5.97 Å². The molecular weight excluding hydrogens is 288 g/mol. The van der Waals surface area contributed by atoms with Gasteiger partial charge in [0, 0.05) is 0 Å². The Morgan fingerprint density at radius 3 is 2.55 bits per heavy atom. The molecule has 0 aliphatic heterocycles. The number of halogens is 3. The molecular formula is C14H10ClF2NO2. The lowest BCUT2D eigenvalue weighted by molar-refractivity contribution is 0.0472. The van der Waals surface area contributed by atoms with E-state index in [2.05, 4.69) is 0 Å². The number of anilines is 1. The van der Waals surface area contributed by atoms with Crippen molar-refractivity contribution in [1.29, 1.82) is 0 Å². The zero-order chi connectivity index (χ0) is 14.7. The van der Waals surface area contributed by atoms with E-state index >= 15 is 0 Å². The summed E-state index contributed by atoms with van der Waals surface area (Å²) in [4.78, 5) is 11.7. The van der Waals surface area contributed by atoms with E-state index in [0.717, 1.165) is 12.1 Å². The molecule has 104 valence electrons. The number of rotatable bonds is 3. The molecule has 0 radical (unpaired) electrons. The van der Waals surface area contributed by atoms with E-state index in [1.807, 2.05) is 0 Å². The number of benzene rings is 2. The van der Waals surface area contributed by atoms with Crippen molar-refractivity contribution in [3.05, 3.63) is 64.2 Å². The Morgan fingerprint density at radius 1 is 1.15 bits per heavy atom. The second-order valence-corrected chi connectivity index (χ2v) is 4.47. The number of carbonyl (C=O) groups is 1. The van der Waals surface area contributed by atoms with Crippen LogP contribution in [-0.2, 0) is 11.3 Å². The van der Waals surface area contributed by atoms with E-state index in [-0.39, 0.29) is 17.2 Å². The number of carbonyl (C=O) groups excluding carboxylic acids is 1. The standard InChI is InChI=1S/C14H10ClF2NO2/c15-10-6-9(2-4-13(10)18)14(19)20-7-8-1-3-11(16)12(17)5-8/h1-6H,7,18H2. The number of hydrogen-bond donors (Lipinski definition) is 1.